The number of allylic oxidation sites excluding steroid dienone is 2. The minimum absolute atomic E-state index is 0.117. The Labute approximate surface area is 156 Å². The molecule has 2 aromatic carbocycles. The largest absolute Gasteiger partial charge is 0.494 e. The summed E-state index contributed by atoms with van der Waals surface area (Å²) in [6, 6.07) is 11.1. The van der Waals surface area contributed by atoms with Gasteiger partial charge in [0.25, 0.3) is 0 Å². The first-order valence-corrected chi connectivity index (χ1v) is 9.30. The number of methoxy groups -OCH3 is 1. The highest BCUT2D eigenvalue weighted by Crippen LogP contribution is 2.44. The smallest absolute Gasteiger partial charge is 0.308 e. The number of hydrogen-bond acceptors (Lipinski definition) is 4. The molecule has 3 rings (SSSR count). The van der Waals surface area contributed by atoms with Crippen LogP contribution in [0.1, 0.15) is 30.5 Å². The van der Waals surface area contributed by atoms with Gasteiger partial charge in [0, 0.05) is 23.0 Å². The highest BCUT2D eigenvalue weighted by atomic mass is 32.2. The second kappa shape index (κ2) is 7.38. The Morgan fingerprint density at radius 3 is 2.42 bits per heavy atom. The van der Waals surface area contributed by atoms with Gasteiger partial charge in [-0.2, -0.15) is 0 Å². The third-order valence-corrected chi connectivity index (χ3v) is 4.99. The second-order valence-electron chi connectivity index (χ2n) is 5.91. The molecule has 0 aliphatic heterocycles. The molecule has 134 valence electrons. The predicted octanol–water partition coefficient (Wildman–Crippen LogP) is 5.40. The van der Waals surface area contributed by atoms with Crippen LogP contribution in [0, 0.1) is 5.82 Å². The maximum absolute atomic E-state index is 14.3. The molecule has 5 heteroatoms. The van der Waals surface area contributed by atoms with E-state index in [1.807, 2.05) is 43.5 Å². The minimum Gasteiger partial charge on any atom is -0.494 e. The van der Waals surface area contributed by atoms with Crippen molar-refractivity contribution < 1.29 is 18.7 Å². The number of thioether (sulfide) groups is 1. The molecule has 1 aliphatic carbocycles. The Balaban J connectivity index is 2.16. The number of carbonyl (C=O) groups is 1. The summed E-state index contributed by atoms with van der Waals surface area (Å²) in [4.78, 5) is 12.7. The SMILES string of the molecule is COc1cc2c(cc1F)C(=Cc1ccc(SC)cc1)C(C)=C2OC(C)=O. The summed E-state index contributed by atoms with van der Waals surface area (Å²) in [6.07, 6.45) is 4.00. The minimum atomic E-state index is -0.452. The summed E-state index contributed by atoms with van der Waals surface area (Å²) in [5.74, 6) is -0.310. The molecule has 0 saturated carbocycles. The fourth-order valence-electron chi connectivity index (χ4n) is 2.97. The van der Waals surface area contributed by atoms with Crippen LogP contribution in [-0.2, 0) is 9.53 Å². The van der Waals surface area contributed by atoms with Gasteiger partial charge in [0.15, 0.2) is 11.6 Å². The maximum Gasteiger partial charge on any atom is 0.308 e. The summed E-state index contributed by atoms with van der Waals surface area (Å²) in [6.45, 7) is 3.22. The van der Waals surface area contributed by atoms with Crippen LogP contribution in [-0.4, -0.2) is 19.3 Å². The first-order chi connectivity index (χ1) is 12.4. The molecule has 0 radical (unpaired) electrons. The Morgan fingerprint density at radius 1 is 1.15 bits per heavy atom. The summed E-state index contributed by atoms with van der Waals surface area (Å²) < 4.78 is 24.8. The van der Waals surface area contributed by atoms with Crippen LogP contribution < -0.4 is 4.74 Å². The van der Waals surface area contributed by atoms with Gasteiger partial charge < -0.3 is 9.47 Å². The number of rotatable bonds is 4. The third kappa shape index (κ3) is 3.40. The van der Waals surface area contributed by atoms with Crippen molar-refractivity contribution in [1.82, 2.24) is 0 Å². The topological polar surface area (TPSA) is 35.5 Å². The standard InChI is InChI=1S/C21H19FO3S/c1-12-16(9-14-5-7-15(26-4)8-6-14)17-10-19(22)20(24-3)11-18(17)21(12)25-13(2)23/h5-11H,1-4H3. The molecule has 0 fully saturated rings. The van der Waals surface area contributed by atoms with E-state index in [1.165, 1.54) is 25.0 Å². The van der Waals surface area contributed by atoms with Crippen LogP contribution in [0.25, 0.3) is 17.4 Å². The van der Waals surface area contributed by atoms with Crippen molar-refractivity contribution in [2.45, 2.75) is 18.7 Å². The molecular weight excluding hydrogens is 351 g/mol. The quantitative estimate of drug-likeness (QED) is 0.533. The Bertz CT molecular complexity index is 927. The average Bonchev–Trinajstić information content (AvgIpc) is 2.86. The molecule has 0 aromatic heterocycles. The summed E-state index contributed by atoms with van der Waals surface area (Å²) >= 11 is 1.67. The van der Waals surface area contributed by atoms with E-state index in [4.69, 9.17) is 9.47 Å². The summed E-state index contributed by atoms with van der Waals surface area (Å²) in [5.41, 5.74) is 3.95. The van der Waals surface area contributed by atoms with Gasteiger partial charge in [0.1, 0.15) is 5.76 Å². The van der Waals surface area contributed by atoms with E-state index in [0.29, 0.717) is 16.9 Å². The van der Waals surface area contributed by atoms with Gasteiger partial charge in [-0.3, -0.25) is 4.79 Å². The van der Waals surface area contributed by atoms with E-state index >= 15 is 0 Å². The lowest BCUT2D eigenvalue weighted by Crippen LogP contribution is -1.99. The van der Waals surface area contributed by atoms with E-state index in [9.17, 15) is 9.18 Å². The van der Waals surface area contributed by atoms with Crippen molar-refractivity contribution in [1.29, 1.82) is 0 Å². The Kier molecular flexibility index (Phi) is 5.18. The van der Waals surface area contributed by atoms with Crippen molar-refractivity contribution in [3.8, 4) is 5.75 Å². The van der Waals surface area contributed by atoms with E-state index in [1.54, 1.807) is 17.8 Å². The average molecular weight is 370 g/mol. The van der Waals surface area contributed by atoms with Gasteiger partial charge in [0.2, 0.25) is 0 Å². The first kappa shape index (κ1) is 18.3. The molecule has 3 nitrogen and oxygen atoms in total. The van der Waals surface area contributed by atoms with Crippen LogP contribution in [0.5, 0.6) is 5.75 Å². The van der Waals surface area contributed by atoms with Gasteiger partial charge in [-0.05, 0) is 60.2 Å². The molecule has 0 atom stereocenters. The zero-order valence-corrected chi connectivity index (χ0v) is 15.9. The molecule has 0 amide bonds. The van der Waals surface area contributed by atoms with Gasteiger partial charge in [-0.1, -0.05) is 12.1 Å². The van der Waals surface area contributed by atoms with Gasteiger partial charge in [-0.15, -0.1) is 11.8 Å². The maximum atomic E-state index is 14.3. The Morgan fingerprint density at radius 2 is 1.85 bits per heavy atom. The van der Waals surface area contributed by atoms with Gasteiger partial charge >= 0.3 is 5.97 Å². The molecule has 0 heterocycles. The molecule has 0 N–H and O–H groups in total. The number of esters is 1. The van der Waals surface area contributed by atoms with Gasteiger partial charge in [0.05, 0.1) is 7.11 Å². The highest BCUT2D eigenvalue weighted by molar-refractivity contribution is 7.98. The van der Waals surface area contributed by atoms with Crippen molar-refractivity contribution in [3.05, 3.63) is 64.5 Å². The summed E-state index contributed by atoms with van der Waals surface area (Å²) in [5, 5.41) is 0. The normalized spacial score (nSPS) is 14.6. The van der Waals surface area contributed by atoms with E-state index in [2.05, 4.69) is 0 Å². The van der Waals surface area contributed by atoms with Crippen LogP contribution in [0.2, 0.25) is 0 Å². The third-order valence-electron chi connectivity index (χ3n) is 4.24. The fourth-order valence-corrected chi connectivity index (χ4v) is 3.38. The first-order valence-electron chi connectivity index (χ1n) is 8.08. The monoisotopic (exact) mass is 370 g/mol. The lowest BCUT2D eigenvalue weighted by molar-refractivity contribution is -0.134. The predicted molar refractivity (Wildman–Crippen MR) is 103 cm³/mol. The van der Waals surface area contributed by atoms with E-state index in [-0.39, 0.29) is 5.75 Å². The molecule has 0 bridgehead atoms. The molecular formula is C21H19FO3S. The number of benzene rings is 2. The molecule has 26 heavy (non-hydrogen) atoms. The molecule has 2 aromatic rings. The lowest BCUT2D eigenvalue weighted by atomic mass is 10.0. The number of carbonyl (C=O) groups excluding carboxylic acids is 1. The zero-order valence-electron chi connectivity index (χ0n) is 15.1. The molecule has 0 unspecified atom stereocenters. The number of ether oxygens (including phenoxy) is 2. The number of fused-ring (bicyclic) bond motifs is 1. The van der Waals surface area contributed by atoms with Crippen molar-refractivity contribution in [3.63, 3.8) is 0 Å². The fraction of sp³-hybridized carbons (Fsp3) is 0.190. The second-order valence-corrected chi connectivity index (χ2v) is 6.79. The summed E-state index contributed by atoms with van der Waals surface area (Å²) in [7, 11) is 1.41. The van der Waals surface area contributed by atoms with Crippen LogP contribution in [0.3, 0.4) is 0 Å². The van der Waals surface area contributed by atoms with Crippen molar-refractivity contribution >= 4 is 35.1 Å². The van der Waals surface area contributed by atoms with Crippen molar-refractivity contribution in [2.75, 3.05) is 13.4 Å². The van der Waals surface area contributed by atoms with Crippen LogP contribution >= 0.6 is 11.8 Å². The van der Waals surface area contributed by atoms with Crippen LogP contribution in [0.4, 0.5) is 4.39 Å². The highest BCUT2D eigenvalue weighted by Gasteiger charge is 2.28. The van der Waals surface area contributed by atoms with Crippen molar-refractivity contribution in [2.24, 2.45) is 0 Å². The molecule has 1 aliphatic rings. The molecule has 0 saturated heterocycles. The number of hydrogen-bond donors (Lipinski definition) is 0. The molecule has 0 spiro atoms. The lowest BCUT2D eigenvalue weighted by Gasteiger charge is -2.09. The number of halogens is 1. The van der Waals surface area contributed by atoms with E-state index in [0.717, 1.165) is 16.7 Å². The Hall–Kier alpha value is -2.53. The van der Waals surface area contributed by atoms with Gasteiger partial charge in [-0.25, -0.2) is 4.39 Å². The van der Waals surface area contributed by atoms with Crippen LogP contribution in [0.15, 0.2) is 46.9 Å². The zero-order chi connectivity index (χ0) is 18.8. The van der Waals surface area contributed by atoms with E-state index < -0.39 is 11.8 Å².